The van der Waals surface area contributed by atoms with Crippen molar-refractivity contribution in [3.05, 3.63) is 80.4 Å². The zero-order valence-electron chi connectivity index (χ0n) is 17.0. The Balaban J connectivity index is 1.57. The fourth-order valence-electron chi connectivity index (χ4n) is 2.77. The van der Waals surface area contributed by atoms with Crippen LogP contribution >= 0.6 is 46.6 Å². The van der Waals surface area contributed by atoms with Crippen molar-refractivity contribution in [1.82, 2.24) is 15.3 Å². The van der Waals surface area contributed by atoms with Crippen molar-refractivity contribution in [2.75, 3.05) is 25.5 Å². The predicted octanol–water partition coefficient (Wildman–Crippen LogP) is 5.77. The predicted molar refractivity (Wildman–Crippen MR) is 130 cm³/mol. The number of halogens is 3. The maximum absolute atomic E-state index is 12.5. The summed E-state index contributed by atoms with van der Waals surface area (Å²) in [6, 6.07) is 14.6. The van der Waals surface area contributed by atoms with Crippen LogP contribution in [0.15, 0.2) is 53.7 Å². The second-order valence-electron chi connectivity index (χ2n) is 6.96. The van der Waals surface area contributed by atoms with Gasteiger partial charge in [-0.1, -0.05) is 64.8 Å². The van der Waals surface area contributed by atoms with Gasteiger partial charge in [-0.25, -0.2) is 9.97 Å². The van der Waals surface area contributed by atoms with E-state index in [1.807, 2.05) is 43.3 Å². The first-order valence-electron chi connectivity index (χ1n) is 9.47. The standard InChI is InChI=1S/C22H21Cl3N4OS/c1-29(2)20-12-19(25)27-22(28-20)31-13-14-4-3-5-16(10-14)21(30)26-9-8-15-6-7-17(23)11-18(15)24/h3-7,10-12H,8-9,13H2,1-2H3,(H,26,30). The van der Waals surface area contributed by atoms with Crippen LogP contribution in [0.25, 0.3) is 0 Å². The maximum Gasteiger partial charge on any atom is 0.251 e. The summed E-state index contributed by atoms with van der Waals surface area (Å²) < 4.78 is 0. The lowest BCUT2D eigenvalue weighted by Gasteiger charge is -2.12. The Labute approximate surface area is 201 Å². The quantitative estimate of drug-likeness (QED) is 0.244. The molecule has 0 atom stereocenters. The van der Waals surface area contributed by atoms with E-state index in [0.29, 0.717) is 44.6 Å². The van der Waals surface area contributed by atoms with Crippen LogP contribution in [0.5, 0.6) is 0 Å². The van der Waals surface area contributed by atoms with Crippen LogP contribution < -0.4 is 10.2 Å². The lowest BCUT2D eigenvalue weighted by atomic mass is 10.1. The van der Waals surface area contributed by atoms with E-state index >= 15 is 0 Å². The van der Waals surface area contributed by atoms with Gasteiger partial charge in [-0.05, 0) is 41.8 Å². The number of nitrogens with one attached hydrogen (secondary N) is 1. The molecule has 0 saturated carbocycles. The molecule has 0 bridgehead atoms. The van der Waals surface area contributed by atoms with Gasteiger partial charge in [-0.3, -0.25) is 4.79 Å². The van der Waals surface area contributed by atoms with Crippen LogP contribution in [0.1, 0.15) is 21.5 Å². The van der Waals surface area contributed by atoms with Gasteiger partial charge in [0.25, 0.3) is 5.91 Å². The van der Waals surface area contributed by atoms with Crippen LogP contribution in [0.4, 0.5) is 5.82 Å². The Hall–Kier alpha value is -1.99. The van der Waals surface area contributed by atoms with Crippen LogP contribution in [0.2, 0.25) is 15.2 Å². The molecule has 0 aliphatic rings. The van der Waals surface area contributed by atoms with E-state index in [4.69, 9.17) is 34.8 Å². The summed E-state index contributed by atoms with van der Waals surface area (Å²) >= 11 is 19.7. The highest BCUT2D eigenvalue weighted by Crippen LogP contribution is 2.24. The second-order valence-corrected chi connectivity index (χ2v) is 9.13. The van der Waals surface area contributed by atoms with E-state index in [1.165, 1.54) is 11.8 Å². The summed E-state index contributed by atoms with van der Waals surface area (Å²) in [4.78, 5) is 23.2. The van der Waals surface area contributed by atoms with Crippen LogP contribution in [-0.2, 0) is 12.2 Å². The Morgan fingerprint density at radius 2 is 1.87 bits per heavy atom. The van der Waals surface area contributed by atoms with Gasteiger partial charge in [0.1, 0.15) is 11.0 Å². The van der Waals surface area contributed by atoms with Gasteiger partial charge < -0.3 is 10.2 Å². The van der Waals surface area contributed by atoms with Crippen molar-refractivity contribution < 1.29 is 4.79 Å². The van der Waals surface area contributed by atoms with Crippen molar-refractivity contribution in [1.29, 1.82) is 0 Å². The largest absolute Gasteiger partial charge is 0.363 e. The summed E-state index contributed by atoms with van der Waals surface area (Å²) in [6.45, 7) is 0.475. The summed E-state index contributed by atoms with van der Waals surface area (Å²) in [7, 11) is 3.80. The third-order valence-electron chi connectivity index (χ3n) is 4.37. The molecule has 31 heavy (non-hydrogen) atoms. The second kappa shape index (κ2) is 11.0. The molecule has 162 valence electrons. The fraction of sp³-hybridized carbons (Fsp3) is 0.227. The number of aromatic nitrogens is 2. The molecule has 0 fully saturated rings. The molecular formula is C22H21Cl3N4OS. The molecule has 5 nitrogen and oxygen atoms in total. The van der Waals surface area contributed by atoms with Crippen molar-refractivity contribution in [3.63, 3.8) is 0 Å². The highest BCUT2D eigenvalue weighted by Gasteiger charge is 2.09. The van der Waals surface area contributed by atoms with E-state index in [-0.39, 0.29) is 5.91 Å². The molecule has 3 rings (SSSR count). The van der Waals surface area contributed by atoms with E-state index in [2.05, 4.69) is 15.3 Å². The van der Waals surface area contributed by atoms with Gasteiger partial charge in [-0.2, -0.15) is 0 Å². The van der Waals surface area contributed by atoms with E-state index < -0.39 is 0 Å². The molecule has 2 aromatic carbocycles. The third kappa shape index (κ3) is 7.01. The van der Waals surface area contributed by atoms with Gasteiger partial charge in [0.05, 0.1) is 0 Å². The third-order valence-corrected chi connectivity index (χ3v) is 6.07. The molecular weight excluding hydrogens is 475 g/mol. The van der Waals surface area contributed by atoms with E-state index in [1.54, 1.807) is 24.3 Å². The molecule has 0 saturated heterocycles. The summed E-state index contributed by atoms with van der Waals surface area (Å²) in [5.41, 5.74) is 2.53. The first kappa shape index (κ1) is 23.7. The topological polar surface area (TPSA) is 58.1 Å². The molecule has 1 N–H and O–H groups in total. The number of hydrogen-bond acceptors (Lipinski definition) is 5. The molecule has 0 aliphatic carbocycles. The fourth-order valence-corrected chi connectivity index (χ4v) is 4.29. The Morgan fingerprint density at radius 1 is 1.06 bits per heavy atom. The number of carbonyl (C=O) groups excluding carboxylic acids is 1. The average Bonchev–Trinajstić information content (AvgIpc) is 2.73. The SMILES string of the molecule is CN(C)c1cc(Cl)nc(SCc2cccc(C(=O)NCCc3ccc(Cl)cc3Cl)c2)n1. The number of nitrogens with zero attached hydrogens (tertiary/aromatic N) is 3. The molecule has 9 heteroatoms. The maximum atomic E-state index is 12.5. The smallest absolute Gasteiger partial charge is 0.251 e. The number of amides is 1. The Morgan fingerprint density at radius 3 is 2.61 bits per heavy atom. The van der Waals surface area contributed by atoms with Crippen molar-refractivity contribution >= 4 is 58.3 Å². The first-order valence-corrected chi connectivity index (χ1v) is 11.6. The number of anilines is 1. The molecule has 1 heterocycles. The minimum absolute atomic E-state index is 0.133. The van der Waals surface area contributed by atoms with Crippen molar-refractivity contribution in [3.8, 4) is 0 Å². The lowest BCUT2D eigenvalue weighted by Crippen LogP contribution is -2.25. The van der Waals surface area contributed by atoms with E-state index in [0.717, 1.165) is 16.9 Å². The van der Waals surface area contributed by atoms with Gasteiger partial charge in [-0.15, -0.1) is 0 Å². The summed E-state index contributed by atoms with van der Waals surface area (Å²) in [6.07, 6.45) is 0.623. The van der Waals surface area contributed by atoms with E-state index in [9.17, 15) is 4.79 Å². The van der Waals surface area contributed by atoms with Gasteiger partial charge >= 0.3 is 0 Å². The zero-order chi connectivity index (χ0) is 22.4. The minimum atomic E-state index is -0.133. The normalized spacial score (nSPS) is 10.7. The van der Waals surface area contributed by atoms with Crippen LogP contribution in [-0.4, -0.2) is 36.5 Å². The molecule has 1 amide bonds. The first-order chi connectivity index (χ1) is 14.8. The molecule has 1 aromatic heterocycles. The Kier molecular flexibility index (Phi) is 8.43. The average molecular weight is 496 g/mol. The van der Waals surface area contributed by atoms with Crippen LogP contribution in [0, 0.1) is 0 Å². The van der Waals surface area contributed by atoms with Gasteiger partial charge in [0, 0.05) is 48.1 Å². The van der Waals surface area contributed by atoms with Crippen molar-refractivity contribution in [2.45, 2.75) is 17.3 Å². The molecule has 0 aliphatic heterocycles. The summed E-state index contributed by atoms with van der Waals surface area (Å²) in [5.74, 6) is 1.23. The van der Waals surface area contributed by atoms with Gasteiger partial charge in [0.15, 0.2) is 5.16 Å². The highest BCUT2D eigenvalue weighted by molar-refractivity contribution is 7.98. The van der Waals surface area contributed by atoms with Crippen molar-refractivity contribution in [2.24, 2.45) is 0 Å². The number of benzene rings is 2. The van der Waals surface area contributed by atoms with Crippen LogP contribution in [0.3, 0.4) is 0 Å². The monoisotopic (exact) mass is 494 g/mol. The lowest BCUT2D eigenvalue weighted by molar-refractivity contribution is 0.0954. The molecule has 0 unspecified atom stereocenters. The Bertz CT molecular complexity index is 1080. The molecule has 0 spiro atoms. The number of carbonyl (C=O) groups is 1. The molecule has 0 radical (unpaired) electrons. The number of hydrogen-bond donors (Lipinski definition) is 1. The number of thioether (sulfide) groups is 1. The summed E-state index contributed by atoms with van der Waals surface area (Å²) in [5, 5.41) is 5.11. The zero-order valence-corrected chi connectivity index (χ0v) is 20.1. The number of rotatable bonds is 8. The minimum Gasteiger partial charge on any atom is -0.363 e. The highest BCUT2D eigenvalue weighted by atomic mass is 35.5. The van der Waals surface area contributed by atoms with Gasteiger partial charge in [0.2, 0.25) is 0 Å². The molecule has 3 aromatic rings.